The number of nitrogens with zero attached hydrogens (tertiary/aromatic N) is 4. The number of rotatable bonds is 6. The van der Waals surface area contributed by atoms with Gasteiger partial charge in [-0.25, -0.2) is 5.01 Å². The number of anilines is 1. The number of thioether (sulfide) groups is 1. The number of carbonyl (C=O) groups excluding carboxylic acids is 1. The molecule has 30 heavy (non-hydrogen) atoms. The molecule has 0 saturated heterocycles. The largest absolute Gasteiger partial charge is 0.372 e. The number of para-hydroxylation sites is 1. The lowest BCUT2D eigenvalue weighted by Crippen LogP contribution is -2.50. The van der Waals surface area contributed by atoms with Gasteiger partial charge in [-0.3, -0.25) is 15.1 Å². The summed E-state index contributed by atoms with van der Waals surface area (Å²) in [5, 5.41) is 11.8. The van der Waals surface area contributed by atoms with E-state index in [1.807, 2.05) is 24.3 Å². The fourth-order valence-electron chi connectivity index (χ4n) is 3.75. The summed E-state index contributed by atoms with van der Waals surface area (Å²) < 4.78 is 0. The first kappa shape index (κ1) is 20.5. The molecular formula is C23H27N5OS. The first-order chi connectivity index (χ1) is 14.7. The number of carbonyl (C=O) groups is 1. The molecule has 0 unspecified atom stereocenters. The second kappa shape index (κ2) is 8.92. The molecule has 2 aromatic carbocycles. The van der Waals surface area contributed by atoms with Crippen LogP contribution in [0.2, 0.25) is 0 Å². The SMILES string of the molecule is CCCSC1=NN2C(=c3ccccc3=N[C@H]2c2ccc(N(CC)CC)cc2)C(=O)N1. The molecule has 2 aliphatic heterocycles. The second-order valence-electron chi connectivity index (χ2n) is 7.18. The van der Waals surface area contributed by atoms with Crippen LogP contribution in [0, 0.1) is 0 Å². The first-order valence-corrected chi connectivity index (χ1v) is 11.5. The Kier molecular flexibility index (Phi) is 6.08. The van der Waals surface area contributed by atoms with Crippen LogP contribution in [0.25, 0.3) is 5.70 Å². The summed E-state index contributed by atoms with van der Waals surface area (Å²) in [7, 11) is 0. The fraction of sp³-hybridized carbons (Fsp3) is 0.348. The highest BCUT2D eigenvalue weighted by Crippen LogP contribution is 2.31. The van der Waals surface area contributed by atoms with Crippen molar-refractivity contribution in [2.24, 2.45) is 10.1 Å². The number of amidine groups is 1. The van der Waals surface area contributed by atoms with Crippen molar-refractivity contribution in [3.8, 4) is 0 Å². The van der Waals surface area contributed by atoms with Crippen LogP contribution in [0.15, 0.2) is 58.6 Å². The van der Waals surface area contributed by atoms with E-state index >= 15 is 0 Å². The average Bonchev–Trinajstić information content (AvgIpc) is 2.78. The van der Waals surface area contributed by atoms with Gasteiger partial charge in [-0.2, -0.15) is 0 Å². The zero-order valence-electron chi connectivity index (χ0n) is 17.6. The number of benzene rings is 2. The van der Waals surface area contributed by atoms with E-state index in [0.29, 0.717) is 10.9 Å². The first-order valence-electron chi connectivity index (χ1n) is 10.5. The highest BCUT2D eigenvalue weighted by Gasteiger charge is 2.34. The summed E-state index contributed by atoms with van der Waals surface area (Å²) in [5.41, 5.74) is 2.75. The van der Waals surface area contributed by atoms with Crippen LogP contribution in [0.4, 0.5) is 5.69 Å². The molecule has 156 valence electrons. The zero-order valence-corrected chi connectivity index (χ0v) is 18.4. The second-order valence-corrected chi connectivity index (χ2v) is 8.27. The van der Waals surface area contributed by atoms with Crippen molar-refractivity contribution in [2.75, 3.05) is 23.7 Å². The van der Waals surface area contributed by atoms with E-state index in [-0.39, 0.29) is 12.1 Å². The van der Waals surface area contributed by atoms with Gasteiger partial charge in [0.1, 0.15) is 5.70 Å². The van der Waals surface area contributed by atoms with Crippen molar-refractivity contribution in [1.29, 1.82) is 0 Å². The van der Waals surface area contributed by atoms with Gasteiger partial charge in [-0.1, -0.05) is 49.0 Å². The minimum absolute atomic E-state index is 0.129. The van der Waals surface area contributed by atoms with Crippen molar-refractivity contribution >= 4 is 34.2 Å². The van der Waals surface area contributed by atoms with Crippen LogP contribution in [-0.2, 0) is 4.79 Å². The van der Waals surface area contributed by atoms with Gasteiger partial charge in [0.25, 0.3) is 5.91 Å². The highest BCUT2D eigenvalue weighted by atomic mass is 32.2. The third-order valence-electron chi connectivity index (χ3n) is 5.28. The summed E-state index contributed by atoms with van der Waals surface area (Å²) in [4.78, 5) is 20.3. The maximum Gasteiger partial charge on any atom is 0.276 e. The van der Waals surface area contributed by atoms with E-state index < -0.39 is 0 Å². The Balaban J connectivity index is 1.79. The van der Waals surface area contributed by atoms with Gasteiger partial charge < -0.3 is 4.90 Å². The minimum Gasteiger partial charge on any atom is -0.372 e. The summed E-state index contributed by atoms with van der Waals surface area (Å²) in [6, 6.07) is 16.2. The topological polar surface area (TPSA) is 60.3 Å². The molecule has 2 heterocycles. The van der Waals surface area contributed by atoms with Gasteiger partial charge in [0.15, 0.2) is 11.3 Å². The zero-order chi connectivity index (χ0) is 21.1. The van der Waals surface area contributed by atoms with Gasteiger partial charge in [-0.05, 0) is 44.0 Å². The molecule has 1 amide bonds. The van der Waals surface area contributed by atoms with Crippen molar-refractivity contribution < 1.29 is 4.79 Å². The predicted octanol–water partition coefficient (Wildman–Crippen LogP) is 2.82. The maximum absolute atomic E-state index is 13.0. The minimum atomic E-state index is -0.371. The maximum atomic E-state index is 13.0. The van der Waals surface area contributed by atoms with Gasteiger partial charge in [-0.15, -0.1) is 5.10 Å². The lowest BCUT2D eigenvalue weighted by atomic mass is 10.1. The summed E-state index contributed by atoms with van der Waals surface area (Å²) in [6.07, 6.45) is 0.642. The van der Waals surface area contributed by atoms with Crippen molar-refractivity contribution in [3.05, 3.63) is 64.7 Å². The standard InChI is InChI=1S/C23H27N5OS/c1-4-15-30-23-25-22(29)20-18-9-7-8-10-19(18)24-21(28(20)26-23)16-11-13-17(14-12-16)27(5-2)6-3/h7-14,21H,4-6,15H2,1-3H3,(H,25,26,29)/t21-/m1/s1. The Morgan fingerprint density at radius 1 is 1.07 bits per heavy atom. The Morgan fingerprint density at radius 3 is 2.50 bits per heavy atom. The van der Waals surface area contributed by atoms with E-state index in [9.17, 15) is 4.79 Å². The van der Waals surface area contributed by atoms with Gasteiger partial charge in [0, 0.05) is 29.7 Å². The highest BCUT2D eigenvalue weighted by molar-refractivity contribution is 8.13. The molecule has 6 nitrogen and oxygen atoms in total. The van der Waals surface area contributed by atoms with Crippen molar-refractivity contribution in [1.82, 2.24) is 10.3 Å². The molecule has 0 spiro atoms. The monoisotopic (exact) mass is 421 g/mol. The molecule has 2 aromatic rings. The van der Waals surface area contributed by atoms with Crippen LogP contribution < -0.4 is 20.8 Å². The lowest BCUT2D eigenvalue weighted by Gasteiger charge is -2.34. The Labute approximate surface area is 181 Å². The van der Waals surface area contributed by atoms with Crippen molar-refractivity contribution in [3.63, 3.8) is 0 Å². The molecule has 0 radical (unpaired) electrons. The Morgan fingerprint density at radius 2 is 1.80 bits per heavy atom. The Hall–Kier alpha value is -2.80. The summed E-state index contributed by atoms with van der Waals surface area (Å²) in [5.74, 6) is 0.773. The van der Waals surface area contributed by atoms with E-state index in [1.54, 1.807) is 16.8 Å². The molecule has 0 fully saturated rings. The summed E-state index contributed by atoms with van der Waals surface area (Å²) >= 11 is 1.56. The van der Waals surface area contributed by atoms with Crippen LogP contribution in [0.5, 0.6) is 0 Å². The summed E-state index contributed by atoms with van der Waals surface area (Å²) in [6.45, 7) is 8.35. The predicted molar refractivity (Wildman–Crippen MR) is 124 cm³/mol. The van der Waals surface area contributed by atoms with Crippen LogP contribution in [0.1, 0.15) is 38.9 Å². The molecule has 2 aliphatic rings. The van der Waals surface area contributed by atoms with Crippen LogP contribution >= 0.6 is 11.8 Å². The molecule has 0 bridgehead atoms. The number of hydrogen-bond acceptors (Lipinski definition) is 6. The third-order valence-corrected chi connectivity index (χ3v) is 6.35. The van der Waals surface area contributed by atoms with Gasteiger partial charge in [0.05, 0.1) is 5.36 Å². The quantitative estimate of drug-likeness (QED) is 0.779. The Bertz CT molecular complexity index is 1080. The van der Waals surface area contributed by atoms with Crippen LogP contribution in [-0.4, -0.2) is 34.9 Å². The fourth-order valence-corrected chi connectivity index (χ4v) is 4.46. The average molecular weight is 422 g/mol. The molecule has 1 N–H and O–H groups in total. The lowest BCUT2D eigenvalue weighted by molar-refractivity contribution is -0.116. The molecule has 0 aromatic heterocycles. The van der Waals surface area contributed by atoms with E-state index in [0.717, 1.165) is 41.4 Å². The number of nitrogens with one attached hydrogen (secondary N) is 1. The van der Waals surface area contributed by atoms with Gasteiger partial charge in [0.2, 0.25) is 0 Å². The molecule has 1 atom stereocenters. The molecule has 0 saturated carbocycles. The number of hydrogen-bond donors (Lipinski definition) is 1. The van der Waals surface area contributed by atoms with E-state index in [4.69, 9.17) is 10.1 Å². The molecular weight excluding hydrogens is 394 g/mol. The van der Waals surface area contributed by atoms with E-state index in [1.165, 1.54) is 5.69 Å². The number of amides is 1. The molecule has 7 heteroatoms. The third kappa shape index (κ3) is 3.81. The van der Waals surface area contributed by atoms with Gasteiger partial charge >= 0.3 is 0 Å². The number of hydrazone groups is 1. The number of fused-ring (bicyclic) bond motifs is 2. The van der Waals surface area contributed by atoms with E-state index in [2.05, 4.69) is 55.3 Å². The van der Waals surface area contributed by atoms with Crippen molar-refractivity contribution in [2.45, 2.75) is 33.4 Å². The van der Waals surface area contributed by atoms with Crippen LogP contribution in [0.3, 0.4) is 0 Å². The normalized spacial score (nSPS) is 17.5. The smallest absolute Gasteiger partial charge is 0.276 e. The molecule has 0 aliphatic carbocycles. The molecule has 4 rings (SSSR count).